The van der Waals surface area contributed by atoms with Crippen LogP contribution in [0, 0.1) is 0 Å². The summed E-state index contributed by atoms with van der Waals surface area (Å²) in [5, 5.41) is 13.8. The number of carbonyl (C=O) groups excluding carboxylic acids is 1. The zero-order chi connectivity index (χ0) is 14.1. The second kappa shape index (κ2) is 8.10. The highest BCUT2D eigenvalue weighted by Crippen LogP contribution is 2.07. The van der Waals surface area contributed by atoms with Crippen molar-refractivity contribution in [2.75, 3.05) is 19.7 Å². The maximum absolute atomic E-state index is 11.4. The van der Waals surface area contributed by atoms with Crippen molar-refractivity contribution in [1.82, 2.24) is 10.6 Å². The average molecular weight is 266 g/mol. The van der Waals surface area contributed by atoms with Gasteiger partial charge in [0.25, 0.3) is 0 Å². The van der Waals surface area contributed by atoms with Gasteiger partial charge < -0.3 is 15.2 Å². The third-order valence-corrected chi connectivity index (χ3v) is 2.38. The summed E-state index contributed by atoms with van der Waals surface area (Å²) in [6.07, 6.45) is 0. The van der Waals surface area contributed by atoms with Crippen molar-refractivity contribution in [3.63, 3.8) is 0 Å². The summed E-state index contributed by atoms with van der Waals surface area (Å²) in [6, 6.07) is 8.54. The summed E-state index contributed by atoms with van der Waals surface area (Å²) in [5.41, 5.74) is 0. The van der Waals surface area contributed by atoms with E-state index in [1.165, 1.54) is 6.92 Å². The highest BCUT2D eigenvalue weighted by atomic mass is 16.5. The van der Waals surface area contributed by atoms with E-state index in [9.17, 15) is 9.59 Å². The zero-order valence-electron chi connectivity index (χ0n) is 10.8. The molecule has 0 spiro atoms. The average Bonchev–Trinajstić information content (AvgIpc) is 2.42. The van der Waals surface area contributed by atoms with Gasteiger partial charge in [0.05, 0.1) is 13.1 Å². The van der Waals surface area contributed by atoms with Crippen molar-refractivity contribution in [2.24, 2.45) is 0 Å². The Morgan fingerprint density at radius 2 is 2.00 bits per heavy atom. The van der Waals surface area contributed by atoms with Crippen molar-refractivity contribution in [3.05, 3.63) is 30.3 Å². The van der Waals surface area contributed by atoms with Gasteiger partial charge in [0.1, 0.15) is 18.4 Å². The summed E-state index contributed by atoms with van der Waals surface area (Å²) in [5.74, 6) is -0.501. The molecule has 0 aliphatic heterocycles. The van der Waals surface area contributed by atoms with Crippen LogP contribution in [0.3, 0.4) is 0 Å². The molecule has 0 aromatic heterocycles. The summed E-state index contributed by atoms with van der Waals surface area (Å²) < 4.78 is 5.39. The summed E-state index contributed by atoms with van der Waals surface area (Å²) in [4.78, 5) is 21.9. The van der Waals surface area contributed by atoms with Crippen LogP contribution in [0.25, 0.3) is 0 Å². The number of ether oxygens (including phenoxy) is 1. The predicted octanol–water partition coefficient (Wildman–Crippen LogP) is 0.244. The molecule has 1 unspecified atom stereocenters. The smallest absolute Gasteiger partial charge is 0.320 e. The standard InChI is InChI=1S/C13H18N2O4/c1-10(13(17)18)15-9-12(16)14-7-8-19-11-5-3-2-4-6-11/h2-6,10,15H,7-9H2,1H3,(H,14,16)(H,17,18). The van der Waals surface area contributed by atoms with Gasteiger partial charge in [-0.15, -0.1) is 0 Å². The summed E-state index contributed by atoms with van der Waals surface area (Å²) in [7, 11) is 0. The van der Waals surface area contributed by atoms with Gasteiger partial charge in [-0.25, -0.2) is 0 Å². The molecular formula is C13H18N2O4. The highest BCUT2D eigenvalue weighted by molar-refractivity contribution is 5.79. The van der Waals surface area contributed by atoms with Gasteiger partial charge in [-0.1, -0.05) is 18.2 Å². The number of carbonyl (C=O) groups is 2. The first kappa shape index (κ1) is 15.0. The molecule has 6 heteroatoms. The van der Waals surface area contributed by atoms with E-state index in [0.717, 1.165) is 5.75 Å². The monoisotopic (exact) mass is 266 g/mol. The van der Waals surface area contributed by atoms with Crippen molar-refractivity contribution in [3.8, 4) is 5.75 Å². The molecule has 0 bridgehead atoms. The number of amides is 1. The third kappa shape index (κ3) is 6.42. The molecule has 0 radical (unpaired) electrons. The molecule has 0 fully saturated rings. The number of para-hydroxylation sites is 1. The summed E-state index contributed by atoms with van der Waals surface area (Å²) >= 11 is 0. The molecule has 1 amide bonds. The second-order valence-electron chi connectivity index (χ2n) is 3.95. The van der Waals surface area contributed by atoms with Crippen molar-refractivity contribution in [1.29, 1.82) is 0 Å². The Balaban J connectivity index is 2.09. The number of carboxylic acid groups (broad SMARTS) is 1. The molecule has 1 aromatic carbocycles. The SMILES string of the molecule is CC(NCC(=O)NCCOc1ccccc1)C(=O)O. The van der Waals surface area contributed by atoms with Gasteiger partial charge in [-0.3, -0.25) is 14.9 Å². The molecule has 0 aliphatic carbocycles. The Morgan fingerprint density at radius 1 is 1.32 bits per heavy atom. The molecule has 104 valence electrons. The first-order valence-electron chi connectivity index (χ1n) is 6.00. The van der Waals surface area contributed by atoms with Gasteiger partial charge in [0.2, 0.25) is 5.91 Å². The van der Waals surface area contributed by atoms with Crippen molar-refractivity contribution >= 4 is 11.9 Å². The number of aliphatic carboxylic acids is 1. The fourth-order valence-corrected chi connectivity index (χ4v) is 1.27. The van der Waals surface area contributed by atoms with E-state index in [1.54, 1.807) is 0 Å². The Labute approximate surface area is 111 Å². The van der Waals surface area contributed by atoms with Gasteiger partial charge in [0.15, 0.2) is 0 Å². The van der Waals surface area contributed by atoms with Crippen LogP contribution < -0.4 is 15.4 Å². The van der Waals surface area contributed by atoms with E-state index < -0.39 is 12.0 Å². The molecule has 1 rings (SSSR count). The van der Waals surface area contributed by atoms with E-state index >= 15 is 0 Å². The molecular weight excluding hydrogens is 248 g/mol. The van der Waals surface area contributed by atoms with Crippen LogP contribution in [0.1, 0.15) is 6.92 Å². The van der Waals surface area contributed by atoms with Crippen LogP contribution in [0.15, 0.2) is 30.3 Å². The van der Waals surface area contributed by atoms with Gasteiger partial charge in [-0.05, 0) is 19.1 Å². The molecule has 0 saturated carbocycles. The maximum atomic E-state index is 11.4. The molecule has 6 nitrogen and oxygen atoms in total. The molecule has 0 saturated heterocycles. The lowest BCUT2D eigenvalue weighted by molar-refractivity contribution is -0.139. The molecule has 1 atom stereocenters. The quantitative estimate of drug-likeness (QED) is 0.587. The number of carboxylic acids is 1. The normalized spacial score (nSPS) is 11.6. The number of nitrogens with one attached hydrogen (secondary N) is 2. The van der Waals surface area contributed by atoms with Gasteiger partial charge >= 0.3 is 5.97 Å². The maximum Gasteiger partial charge on any atom is 0.320 e. The second-order valence-corrected chi connectivity index (χ2v) is 3.95. The van der Waals surface area contributed by atoms with Gasteiger partial charge in [-0.2, -0.15) is 0 Å². The minimum absolute atomic E-state index is 0.0290. The lowest BCUT2D eigenvalue weighted by Gasteiger charge is -2.10. The van der Waals surface area contributed by atoms with Crippen LogP contribution in [-0.2, 0) is 9.59 Å². The fourth-order valence-electron chi connectivity index (χ4n) is 1.27. The number of benzene rings is 1. The Kier molecular flexibility index (Phi) is 6.38. The molecule has 19 heavy (non-hydrogen) atoms. The van der Waals surface area contributed by atoms with Crippen molar-refractivity contribution in [2.45, 2.75) is 13.0 Å². The highest BCUT2D eigenvalue weighted by Gasteiger charge is 2.11. The predicted molar refractivity (Wildman–Crippen MR) is 70.0 cm³/mol. The molecule has 0 aliphatic rings. The molecule has 3 N–H and O–H groups in total. The number of rotatable bonds is 8. The van der Waals surface area contributed by atoms with E-state index in [4.69, 9.17) is 9.84 Å². The van der Waals surface area contributed by atoms with E-state index in [0.29, 0.717) is 13.2 Å². The molecule has 0 heterocycles. The van der Waals surface area contributed by atoms with Crippen LogP contribution >= 0.6 is 0 Å². The minimum atomic E-state index is -0.986. The van der Waals surface area contributed by atoms with E-state index in [2.05, 4.69) is 10.6 Å². The van der Waals surface area contributed by atoms with Crippen molar-refractivity contribution < 1.29 is 19.4 Å². The Hall–Kier alpha value is -2.08. The Morgan fingerprint density at radius 3 is 2.63 bits per heavy atom. The Bertz CT molecular complexity index is 408. The van der Waals surface area contributed by atoms with Crippen LogP contribution in [0.2, 0.25) is 0 Å². The molecule has 1 aromatic rings. The topological polar surface area (TPSA) is 87.7 Å². The van der Waals surface area contributed by atoms with Crippen LogP contribution in [0.4, 0.5) is 0 Å². The first-order chi connectivity index (χ1) is 9.09. The number of hydrogen-bond acceptors (Lipinski definition) is 4. The lowest BCUT2D eigenvalue weighted by Crippen LogP contribution is -2.42. The number of hydrogen-bond donors (Lipinski definition) is 3. The fraction of sp³-hybridized carbons (Fsp3) is 0.385. The van der Waals surface area contributed by atoms with E-state index in [1.807, 2.05) is 30.3 Å². The lowest BCUT2D eigenvalue weighted by atomic mass is 10.3. The zero-order valence-corrected chi connectivity index (χ0v) is 10.8. The first-order valence-corrected chi connectivity index (χ1v) is 6.00. The van der Waals surface area contributed by atoms with Crippen LogP contribution in [0.5, 0.6) is 5.75 Å². The van der Waals surface area contributed by atoms with Crippen LogP contribution in [-0.4, -0.2) is 42.7 Å². The van der Waals surface area contributed by atoms with Gasteiger partial charge in [0, 0.05) is 0 Å². The minimum Gasteiger partial charge on any atom is -0.492 e. The summed E-state index contributed by atoms with van der Waals surface area (Å²) in [6.45, 7) is 2.19. The third-order valence-electron chi connectivity index (χ3n) is 2.38. The van der Waals surface area contributed by atoms with E-state index in [-0.39, 0.29) is 12.5 Å². The largest absolute Gasteiger partial charge is 0.492 e.